The van der Waals surface area contributed by atoms with Gasteiger partial charge < -0.3 is 10.4 Å². The van der Waals surface area contributed by atoms with E-state index in [9.17, 15) is 23.5 Å². The van der Waals surface area contributed by atoms with Crippen LogP contribution in [0.15, 0.2) is 30.3 Å². The average molecular weight is 338 g/mol. The highest BCUT2D eigenvalue weighted by atomic mass is 19.3. The molecular weight excluding hydrogens is 322 g/mol. The van der Waals surface area contributed by atoms with Gasteiger partial charge in [0.2, 0.25) is 0 Å². The van der Waals surface area contributed by atoms with E-state index in [4.69, 9.17) is 11.6 Å². The number of terminal acetylenes is 1. The van der Waals surface area contributed by atoms with Gasteiger partial charge in [0.25, 0.3) is 18.2 Å². The number of carbonyl (C=O) groups excluding carboxylic acids is 2. The quantitative estimate of drug-likeness (QED) is 0.353. The van der Waals surface area contributed by atoms with E-state index in [1.165, 1.54) is 18.2 Å². The number of amides is 2. The van der Waals surface area contributed by atoms with Crippen molar-refractivity contribution in [2.24, 2.45) is 0 Å². The summed E-state index contributed by atoms with van der Waals surface area (Å²) in [6, 6.07) is 3.81. The molecule has 0 saturated carbocycles. The van der Waals surface area contributed by atoms with Crippen molar-refractivity contribution in [2.75, 3.05) is 0 Å². The van der Waals surface area contributed by atoms with Crippen molar-refractivity contribution in [3.63, 3.8) is 0 Å². The second-order valence-corrected chi connectivity index (χ2v) is 5.03. The van der Waals surface area contributed by atoms with Gasteiger partial charge in [-0.25, -0.2) is 14.3 Å². The molecule has 0 saturated heterocycles. The number of allylic oxidation sites excluding steroid dienone is 1. The molecule has 0 aliphatic carbocycles. The molecule has 0 aliphatic heterocycles. The van der Waals surface area contributed by atoms with Gasteiger partial charge in [-0.2, -0.15) is 0 Å². The van der Waals surface area contributed by atoms with E-state index in [0.29, 0.717) is 12.5 Å². The third kappa shape index (κ3) is 4.62. The molecule has 1 rings (SSSR count). The third-order valence-corrected chi connectivity index (χ3v) is 3.22. The van der Waals surface area contributed by atoms with E-state index in [-0.39, 0.29) is 5.56 Å². The fraction of sp³-hybridized carbons (Fsp3) is 0.250. The second kappa shape index (κ2) is 8.19. The van der Waals surface area contributed by atoms with Crippen molar-refractivity contribution in [3.05, 3.63) is 41.5 Å². The molecule has 0 fully saturated rings. The normalized spacial score (nSPS) is 14.7. The maximum Gasteiger partial charge on any atom is 0.269 e. The van der Waals surface area contributed by atoms with Gasteiger partial charge in [-0.1, -0.05) is 18.1 Å². The maximum absolute atomic E-state index is 12.9. The standard InChI is InChI=1S/C16H16F2N2O4/c1-3-4-5-10-6-8-11(9-7-10)13(21)19-12(14(22)20-24)16(2,23)15(17)18/h1,4-9,12,15,23-24H,2H3,(H,19,21)(H,20,22)/b5-4+/t12-,16+/m1/s1. The number of carbonyl (C=O) groups is 2. The molecule has 0 unspecified atom stereocenters. The molecule has 0 aromatic heterocycles. The highest BCUT2D eigenvalue weighted by Gasteiger charge is 2.46. The molecule has 4 N–H and O–H groups in total. The zero-order chi connectivity index (χ0) is 18.3. The number of halogens is 2. The largest absolute Gasteiger partial charge is 0.381 e. The predicted octanol–water partition coefficient (Wildman–Crippen LogP) is 0.953. The first kappa shape index (κ1) is 19.3. The molecule has 6 nitrogen and oxygen atoms in total. The van der Waals surface area contributed by atoms with Crippen LogP contribution in [0.2, 0.25) is 0 Å². The van der Waals surface area contributed by atoms with Gasteiger partial charge >= 0.3 is 0 Å². The smallest absolute Gasteiger partial charge is 0.269 e. The van der Waals surface area contributed by atoms with Crippen molar-refractivity contribution in [1.82, 2.24) is 10.8 Å². The summed E-state index contributed by atoms with van der Waals surface area (Å²) in [4.78, 5) is 23.6. The first-order valence-corrected chi connectivity index (χ1v) is 6.72. The van der Waals surface area contributed by atoms with E-state index >= 15 is 0 Å². The summed E-state index contributed by atoms with van der Waals surface area (Å²) >= 11 is 0. The molecule has 0 aliphatic rings. The molecule has 24 heavy (non-hydrogen) atoms. The van der Waals surface area contributed by atoms with Crippen LogP contribution in [0.3, 0.4) is 0 Å². The third-order valence-electron chi connectivity index (χ3n) is 3.22. The van der Waals surface area contributed by atoms with Crippen LogP contribution in [0.5, 0.6) is 0 Å². The van der Waals surface area contributed by atoms with E-state index in [0.717, 1.165) is 5.48 Å². The Labute approximate surface area is 137 Å². The molecule has 2 amide bonds. The van der Waals surface area contributed by atoms with Crippen LogP contribution in [0.25, 0.3) is 6.08 Å². The first-order valence-electron chi connectivity index (χ1n) is 6.72. The molecule has 0 bridgehead atoms. The number of nitrogens with one attached hydrogen (secondary N) is 2. The maximum atomic E-state index is 12.9. The summed E-state index contributed by atoms with van der Waals surface area (Å²) in [6.07, 6.45) is 4.81. The molecule has 0 heterocycles. The molecule has 0 spiro atoms. The Morgan fingerprint density at radius 2 is 1.92 bits per heavy atom. The van der Waals surface area contributed by atoms with E-state index in [1.54, 1.807) is 18.2 Å². The van der Waals surface area contributed by atoms with Crippen LogP contribution in [-0.4, -0.2) is 40.2 Å². The zero-order valence-corrected chi connectivity index (χ0v) is 12.7. The summed E-state index contributed by atoms with van der Waals surface area (Å²) < 4.78 is 25.8. The Morgan fingerprint density at radius 1 is 1.33 bits per heavy atom. The van der Waals surface area contributed by atoms with Gasteiger partial charge in [-0.3, -0.25) is 14.8 Å². The molecule has 0 radical (unpaired) electrons. The van der Waals surface area contributed by atoms with E-state index < -0.39 is 29.9 Å². The summed E-state index contributed by atoms with van der Waals surface area (Å²) in [5.74, 6) is 0.0483. The first-order chi connectivity index (χ1) is 11.2. The minimum Gasteiger partial charge on any atom is -0.381 e. The van der Waals surface area contributed by atoms with Crippen molar-refractivity contribution in [2.45, 2.75) is 25.0 Å². The molecule has 128 valence electrons. The number of alkyl halides is 2. The highest BCUT2D eigenvalue weighted by Crippen LogP contribution is 2.20. The van der Waals surface area contributed by atoms with Crippen molar-refractivity contribution in [3.8, 4) is 12.3 Å². The van der Waals surface area contributed by atoms with Gasteiger partial charge in [-0.05, 0) is 36.8 Å². The van der Waals surface area contributed by atoms with Crippen LogP contribution < -0.4 is 10.8 Å². The monoisotopic (exact) mass is 338 g/mol. The predicted molar refractivity (Wildman–Crippen MR) is 82.1 cm³/mol. The summed E-state index contributed by atoms with van der Waals surface area (Å²) in [5.41, 5.74) is -0.971. The van der Waals surface area contributed by atoms with Crippen molar-refractivity contribution >= 4 is 17.9 Å². The Hall–Kier alpha value is -2.76. The van der Waals surface area contributed by atoms with Crippen LogP contribution in [0.1, 0.15) is 22.8 Å². The summed E-state index contributed by atoms with van der Waals surface area (Å²) in [7, 11) is 0. The number of rotatable bonds is 6. The van der Waals surface area contributed by atoms with E-state index in [2.05, 4.69) is 5.92 Å². The average Bonchev–Trinajstić information content (AvgIpc) is 2.57. The van der Waals surface area contributed by atoms with Crippen LogP contribution >= 0.6 is 0 Å². The number of benzene rings is 1. The lowest BCUT2D eigenvalue weighted by Crippen LogP contribution is -2.61. The van der Waals surface area contributed by atoms with Crippen LogP contribution in [-0.2, 0) is 4.79 Å². The van der Waals surface area contributed by atoms with Gasteiger partial charge in [0.15, 0.2) is 5.60 Å². The fourth-order valence-corrected chi connectivity index (χ4v) is 1.77. The minimum atomic E-state index is -3.34. The lowest BCUT2D eigenvalue weighted by Gasteiger charge is -2.30. The van der Waals surface area contributed by atoms with Crippen molar-refractivity contribution in [1.29, 1.82) is 0 Å². The zero-order valence-electron chi connectivity index (χ0n) is 12.7. The number of aliphatic hydroxyl groups is 1. The number of hydrogen-bond acceptors (Lipinski definition) is 4. The van der Waals surface area contributed by atoms with E-state index in [1.807, 2.05) is 5.32 Å². The van der Waals surface area contributed by atoms with Crippen molar-refractivity contribution < 1.29 is 28.7 Å². The SMILES string of the molecule is C#C/C=C/c1ccc(C(=O)N[C@H](C(=O)NO)[C@](C)(O)C(F)F)cc1. The van der Waals surface area contributed by atoms with Gasteiger partial charge in [0.05, 0.1) is 0 Å². The van der Waals surface area contributed by atoms with Gasteiger partial charge in [0, 0.05) is 5.56 Å². The molecule has 1 aromatic carbocycles. The second-order valence-electron chi connectivity index (χ2n) is 5.03. The topological polar surface area (TPSA) is 98.7 Å². The molecule has 8 heteroatoms. The Morgan fingerprint density at radius 3 is 2.38 bits per heavy atom. The number of hydroxylamine groups is 1. The highest BCUT2D eigenvalue weighted by molar-refractivity contribution is 5.98. The van der Waals surface area contributed by atoms with Gasteiger partial charge in [-0.15, -0.1) is 6.42 Å². The molecule has 2 atom stereocenters. The Balaban J connectivity index is 2.98. The lowest BCUT2D eigenvalue weighted by atomic mass is 9.95. The summed E-state index contributed by atoms with van der Waals surface area (Å²) in [6.45, 7) is 0.672. The van der Waals surface area contributed by atoms with Gasteiger partial charge in [0.1, 0.15) is 6.04 Å². The number of hydrogen-bond donors (Lipinski definition) is 4. The Kier molecular flexibility index (Phi) is 6.58. The summed E-state index contributed by atoms with van der Waals surface area (Å²) in [5, 5.41) is 20.3. The lowest BCUT2D eigenvalue weighted by molar-refractivity contribution is -0.149. The minimum absolute atomic E-state index is 0.0636. The Bertz CT molecular complexity index is 664. The fourth-order valence-electron chi connectivity index (χ4n) is 1.77. The van der Waals surface area contributed by atoms with Crippen LogP contribution in [0.4, 0.5) is 8.78 Å². The molecule has 1 aromatic rings. The molecular formula is C16H16F2N2O4. The van der Waals surface area contributed by atoms with Crippen LogP contribution in [0, 0.1) is 12.3 Å².